The molecule has 5 nitrogen and oxygen atoms in total. The number of aliphatic hydroxyl groups excluding tert-OH is 1. The second-order valence-corrected chi connectivity index (χ2v) is 6.33. The third-order valence-corrected chi connectivity index (χ3v) is 4.16. The fourth-order valence-electron chi connectivity index (χ4n) is 2.61. The average Bonchev–Trinajstić information content (AvgIpc) is 2.66. The third kappa shape index (κ3) is 5.86. The van der Waals surface area contributed by atoms with Crippen molar-refractivity contribution in [1.29, 1.82) is 0 Å². The van der Waals surface area contributed by atoms with Crippen LogP contribution in [-0.4, -0.2) is 35.2 Å². The highest BCUT2D eigenvalue weighted by Gasteiger charge is 2.16. The molecule has 2 rings (SSSR count). The van der Waals surface area contributed by atoms with Crippen molar-refractivity contribution in [2.45, 2.75) is 38.8 Å². The second-order valence-electron chi connectivity index (χ2n) is 6.33. The van der Waals surface area contributed by atoms with E-state index in [2.05, 4.69) is 5.32 Å². The molecular weight excluding hydrogens is 330 g/mol. The number of Topliss-reactive ketones (excluding diaryl/α,β-unsaturated/α-hetero) is 1. The maximum absolute atomic E-state index is 12.3. The summed E-state index contributed by atoms with van der Waals surface area (Å²) in [7, 11) is 0. The molecule has 0 heterocycles. The molecular formula is C21H27NO4. The van der Waals surface area contributed by atoms with Gasteiger partial charge < -0.3 is 20.3 Å². The van der Waals surface area contributed by atoms with Gasteiger partial charge in [0.2, 0.25) is 0 Å². The Morgan fingerprint density at radius 3 is 2.62 bits per heavy atom. The molecule has 0 spiro atoms. The summed E-state index contributed by atoms with van der Waals surface area (Å²) in [5.41, 5.74) is 1.35. The fraction of sp³-hybridized carbons (Fsp3) is 0.381. The quantitative estimate of drug-likeness (QED) is 0.568. The summed E-state index contributed by atoms with van der Waals surface area (Å²) in [4.78, 5) is 12.3. The van der Waals surface area contributed by atoms with Gasteiger partial charge in [0.05, 0.1) is 12.7 Å². The molecule has 2 aromatic rings. The van der Waals surface area contributed by atoms with Gasteiger partial charge in [-0.05, 0) is 43.2 Å². The van der Waals surface area contributed by atoms with Gasteiger partial charge >= 0.3 is 0 Å². The van der Waals surface area contributed by atoms with Crippen molar-refractivity contribution in [2.24, 2.45) is 0 Å². The molecule has 26 heavy (non-hydrogen) atoms. The number of phenols is 1. The van der Waals surface area contributed by atoms with Crippen molar-refractivity contribution in [3.05, 3.63) is 59.7 Å². The molecule has 0 aliphatic heterocycles. The summed E-state index contributed by atoms with van der Waals surface area (Å²) in [6, 6.07) is 13.5. The minimum absolute atomic E-state index is 0.0331. The van der Waals surface area contributed by atoms with Gasteiger partial charge in [-0.3, -0.25) is 4.79 Å². The van der Waals surface area contributed by atoms with Crippen LogP contribution in [0.2, 0.25) is 0 Å². The van der Waals surface area contributed by atoms with Crippen LogP contribution in [0.3, 0.4) is 0 Å². The predicted octanol–water partition coefficient (Wildman–Crippen LogP) is 3.47. The van der Waals surface area contributed by atoms with Crippen LogP contribution in [0, 0.1) is 0 Å². The summed E-state index contributed by atoms with van der Waals surface area (Å²) >= 11 is 0. The Morgan fingerprint density at radius 2 is 1.92 bits per heavy atom. The first-order valence-electron chi connectivity index (χ1n) is 8.97. The summed E-state index contributed by atoms with van der Waals surface area (Å²) < 4.78 is 5.56. The number of rotatable bonds is 10. The highest BCUT2D eigenvalue weighted by Crippen LogP contribution is 2.20. The number of ether oxygens (including phenoxy) is 1. The van der Waals surface area contributed by atoms with Gasteiger partial charge in [-0.25, -0.2) is 0 Å². The van der Waals surface area contributed by atoms with Crippen LogP contribution >= 0.6 is 0 Å². The van der Waals surface area contributed by atoms with E-state index < -0.39 is 6.10 Å². The number of aromatic hydroxyl groups is 1. The Morgan fingerprint density at radius 1 is 1.19 bits per heavy atom. The molecule has 0 aliphatic carbocycles. The number of phenolic OH excluding ortho intramolecular Hbond substituents is 1. The van der Waals surface area contributed by atoms with Crippen LogP contribution in [0.4, 0.5) is 0 Å². The number of benzene rings is 2. The Hall–Kier alpha value is -2.37. The lowest BCUT2D eigenvalue weighted by Crippen LogP contribution is -2.33. The summed E-state index contributed by atoms with van der Waals surface area (Å²) in [5, 5.41) is 22.8. The predicted molar refractivity (Wildman–Crippen MR) is 102 cm³/mol. The monoisotopic (exact) mass is 357 g/mol. The number of carbonyl (C=O) groups excluding carboxylic acids is 1. The molecule has 0 fully saturated rings. The molecule has 0 aromatic heterocycles. The number of nitrogens with one attached hydrogen (secondary N) is 1. The van der Waals surface area contributed by atoms with Crippen molar-refractivity contribution in [1.82, 2.24) is 5.32 Å². The van der Waals surface area contributed by atoms with Gasteiger partial charge in [0.15, 0.2) is 5.78 Å². The van der Waals surface area contributed by atoms with Crippen molar-refractivity contribution in [3.63, 3.8) is 0 Å². The highest BCUT2D eigenvalue weighted by molar-refractivity contribution is 5.96. The van der Waals surface area contributed by atoms with E-state index in [4.69, 9.17) is 4.74 Å². The average molecular weight is 357 g/mol. The maximum Gasteiger partial charge on any atom is 0.164 e. The first kappa shape index (κ1) is 19.9. The second kappa shape index (κ2) is 9.94. The van der Waals surface area contributed by atoms with Crippen LogP contribution in [-0.2, 0) is 0 Å². The lowest BCUT2D eigenvalue weighted by Gasteiger charge is -2.20. The minimum atomic E-state index is -0.712. The molecule has 0 saturated heterocycles. The Labute approximate surface area is 154 Å². The number of hydrogen-bond acceptors (Lipinski definition) is 5. The zero-order valence-electron chi connectivity index (χ0n) is 15.3. The zero-order chi connectivity index (χ0) is 18.9. The molecule has 2 unspecified atom stereocenters. The van der Waals surface area contributed by atoms with E-state index in [0.29, 0.717) is 30.9 Å². The third-order valence-electron chi connectivity index (χ3n) is 4.16. The van der Waals surface area contributed by atoms with Crippen molar-refractivity contribution >= 4 is 5.78 Å². The molecule has 0 radical (unpaired) electrons. The van der Waals surface area contributed by atoms with E-state index in [1.807, 2.05) is 26.0 Å². The van der Waals surface area contributed by atoms with Gasteiger partial charge in [-0.2, -0.15) is 0 Å². The number of hydrogen-bond donors (Lipinski definition) is 3. The Kier molecular flexibility index (Phi) is 7.63. The first-order valence-corrected chi connectivity index (χ1v) is 8.97. The van der Waals surface area contributed by atoms with Crippen LogP contribution in [0.1, 0.15) is 48.7 Å². The van der Waals surface area contributed by atoms with Crippen LogP contribution < -0.4 is 10.1 Å². The highest BCUT2D eigenvalue weighted by atomic mass is 16.5. The van der Waals surface area contributed by atoms with Gasteiger partial charge in [0.25, 0.3) is 0 Å². The molecule has 2 atom stereocenters. The maximum atomic E-state index is 12.3. The minimum Gasteiger partial charge on any atom is -0.508 e. The molecule has 0 aliphatic rings. The van der Waals surface area contributed by atoms with Crippen LogP contribution in [0.25, 0.3) is 0 Å². The molecule has 0 saturated carbocycles. The van der Waals surface area contributed by atoms with Gasteiger partial charge in [-0.1, -0.05) is 31.2 Å². The summed E-state index contributed by atoms with van der Waals surface area (Å²) in [6.45, 7) is 5.00. The van der Waals surface area contributed by atoms with Crippen LogP contribution in [0.15, 0.2) is 48.5 Å². The summed E-state index contributed by atoms with van der Waals surface area (Å²) in [5.74, 6) is 0.907. The molecule has 0 bridgehead atoms. The lowest BCUT2D eigenvalue weighted by atomic mass is 10.0. The Balaban J connectivity index is 1.82. The van der Waals surface area contributed by atoms with Crippen molar-refractivity contribution in [2.75, 3.05) is 13.2 Å². The number of aliphatic hydroxyl groups is 1. The SMILES string of the molecule is CCCOc1cccc(C(=O)CCNC(C)C(O)c2ccc(O)cc2)c1. The van der Waals surface area contributed by atoms with Crippen LogP contribution in [0.5, 0.6) is 11.5 Å². The molecule has 0 amide bonds. The van der Waals surface area contributed by atoms with Gasteiger partial charge in [0, 0.05) is 24.6 Å². The van der Waals surface area contributed by atoms with E-state index in [0.717, 1.165) is 12.0 Å². The molecule has 2 aromatic carbocycles. The topological polar surface area (TPSA) is 78.8 Å². The Bertz CT molecular complexity index is 699. The normalized spacial score (nSPS) is 13.2. The smallest absolute Gasteiger partial charge is 0.164 e. The fourth-order valence-corrected chi connectivity index (χ4v) is 2.61. The largest absolute Gasteiger partial charge is 0.508 e. The number of ketones is 1. The van der Waals surface area contributed by atoms with E-state index >= 15 is 0 Å². The lowest BCUT2D eigenvalue weighted by molar-refractivity contribution is 0.0971. The zero-order valence-corrected chi connectivity index (χ0v) is 15.3. The standard InChI is InChI=1S/C21H27NO4/c1-3-13-26-19-6-4-5-17(14-19)20(24)11-12-22-15(2)21(25)16-7-9-18(23)10-8-16/h4-10,14-15,21-23,25H,3,11-13H2,1-2H3. The molecule has 140 valence electrons. The van der Waals surface area contributed by atoms with E-state index in [1.54, 1.807) is 36.4 Å². The van der Waals surface area contributed by atoms with Gasteiger partial charge in [-0.15, -0.1) is 0 Å². The van der Waals surface area contributed by atoms with E-state index in [1.165, 1.54) is 0 Å². The molecule has 3 N–H and O–H groups in total. The van der Waals surface area contributed by atoms with Gasteiger partial charge in [0.1, 0.15) is 11.5 Å². The van der Waals surface area contributed by atoms with Crippen molar-refractivity contribution < 1.29 is 19.7 Å². The molecule has 5 heteroatoms. The number of carbonyl (C=O) groups is 1. The van der Waals surface area contributed by atoms with E-state index in [9.17, 15) is 15.0 Å². The van der Waals surface area contributed by atoms with Crippen molar-refractivity contribution in [3.8, 4) is 11.5 Å². The van der Waals surface area contributed by atoms with E-state index in [-0.39, 0.29) is 17.6 Å². The first-order chi connectivity index (χ1) is 12.5. The summed E-state index contributed by atoms with van der Waals surface area (Å²) in [6.07, 6.45) is 0.546.